The monoisotopic (exact) mass is 295 g/mol. The number of hydrogen-bond acceptors (Lipinski definition) is 1. The molecule has 0 aliphatic carbocycles. The van der Waals surface area contributed by atoms with Crippen molar-refractivity contribution in [2.75, 3.05) is 6.54 Å². The zero-order valence-electron chi connectivity index (χ0n) is 11.8. The fraction of sp³-hybridized carbons (Fsp3) is 0.158. The second kappa shape index (κ2) is 6.30. The first-order valence-electron chi connectivity index (χ1n) is 7.20. The van der Waals surface area contributed by atoms with Gasteiger partial charge >= 0.3 is 0 Å². The van der Waals surface area contributed by atoms with Gasteiger partial charge in [-0.15, -0.1) is 0 Å². The highest BCUT2D eigenvalue weighted by Gasteiger charge is 2.13. The fourth-order valence-corrected chi connectivity index (χ4v) is 3.09. The Morgan fingerprint density at radius 1 is 0.905 bits per heavy atom. The second-order valence-corrected chi connectivity index (χ2v) is 5.77. The van der Waals surface area contributed by atoms with Crippen LogP contribution in [0.25, 0.3) is 10.8 Å². The van der Waals surface area contributed by atoms with E-state index in [1.165, 1.54) is 21.9 Å². The summed E-state index contributed by atoms with van der Waals surface area (Å²) in [5.41, 5.74) is 8.59. The summed E-state index contributed by atoms with van der Waals surface area (Å²) in [6.45, 7) is 0.626. The number of halogens is 1. The Balaban J connectivity index is 1.98. The normalized spacial score (nSPS) is 12.5. The molecule has 0 spiro atoms. The first kappa shape index (κ1) is 14.1. The molecule has 0 fully saturated rings. The minimum Gasteiger partial charge on any atom is -0.330 e. The summed E-state index contributed by atoms with van der Waals surface area (Å²) < 4.78 is 0. The van der Waals surface area contributed by atoms with E-state index >= 15 is 0 Å². The topological polar surface area (TPSA) is 26.0 Å². The van der Waals surface area contributed by atoms with Crippen LogP contribution >= 0.6 is 11.6 Å². The van der Waals surface area contributed by atoms with Crippen LogP contribution in [0.3, 0.4) is 0 Å². The molecule has 0 saturated heterocycles. The number of fused-ring (bicyclic) bond motifs is 1. The molecule has 106 valence electrons. The quantitative estimate of drug-likeness (QED) is 0.736. The van der Waals surface area contributed by atoms with Crippen LogP contribution in [0.4, 0.5) is 0 Å². The summed E-state index contributed by atoms with van der Waals surface area (Å²) in [6, 6.07) is 22.9. The zero-order valence-corrected chi connectivity index (χ0v) is 12.6. The molecule has 1 unspecified atom stereocenters. The van der Waals surface area contributed by atoms with Crippen LogP contribution in [-0.2, 0) is 6.42 Å². The molecule has 2 heteroatoms. The van der Waals surface area contributed by atoms with Crippen LogP contribution in [0.1, 0.15) is 17.0 Å². The molecule has 0 bridgehead atoms. The van der Waals surface area contributed by atoms with E-state index in [4.69, 9.17) is 17.3 Å². The second-order valence-electron chi connectivity index (χ2n) is 5.34. The number of nitrogens with two attached hydrogens (primary N) is 1. The highest BCUT2D eigenvalue weighted by atomic mass is 35.5. The van der Waals surface area contributed by atoms with Crippen LogP contribution in [0.2, 0.25) is 5.02 Å². The minimum absolute atomic E-state index is 0.301. The van der Waals surface area contributed by atoms with Gasteiger partial charge in [-0.2, -0.15) is 0 Å². The Kier molecular flexibility index (Phi) is 4.23. The lowest BCUT2D eigenvalue weighted by Gasteiger charge is -2.18. The average Bonchev–Trinajstić information content (AvgIpc) is 2.52. The molecule has 3 aromatic rings. The van der Waals surface area contributed by atoms with Gasteiger partial charge in [-0.1, -0.05) is 66.2 Å². The molecule has 0 amide bonds. The first-order chi connectivity index (χ1) is 10.3. The molecule has 3 rings (SSSR count). The molecule has 1 nitrogen and oxygen atoms in total. The number of rotatable bonds is 4. The Labute approximate surface area is 130 Å². The van der Waals surface area contributed by atoms with E-state index in [2.05, 4.69) is 48.5 Å². The van der Waals surface area contributed by atoms with Crippen LogP contribution in [0.5, 0.6) is 0 Å². The lowest BCUT2D eigenvalue weighted by atomic mass is 9.88. The third-order valence-corrected chi connectivity index (χ3v) is 4.15. The molecule has 21 heavy (non-hydrogen) atoms. The van der Waals surface area contributed by atoms with Gasteiger partial charge in [0.1, 0.15) is 0 Å². The summed E-state index contributed by atoms with van der Waals surface area (Å²) in [4.78, 5) is 0. The van der Waals surface area contributed by atoms with Crippen LogP contribution in [0, 0.1) is 0 Å². The van der Waals surface area contributed by atoms with Crippen LogP contribution in [0.15, 0.2) is 66.7 Å². The molecule has 0 aliphatic rings. The van der Waals surface area contributed by atoms with Gasteiger partial charge in [0, 0.05) is 10.9 Å². The highest BCUT2D eigenvalue weighted by Crippen LogP contribution is 2.28. The van der Waals surface area contributed by atoms with Gasteiger partial charge in [-0.3, -0.25) is 0 Å². The summed E-state index contributed by atoms with van der Waals surface area (Å²) in [5, 5.41) is 3.33. The van der Waals surface area contributed by atoms with Crippen LogP contribution < -0.4 is 5.73 Å². The fourth-order valence-electron chi connectivity index (χ4n) is 2.88. The van der Waals surface area contributed by atoms with Crippen molar-refractivity contribution in [3.8, 4) is 0 Å². The van der Waals surface area contributed by atoms with Gasteiger partial charge in [0.2, 0.25) is 0 Å². The Morgan fingerprint density at radius 2 is 1.67 bits per heavy atom. The maximum absolute atomic E-state index is 6.08. The summed E-state index contributed by atoms with van der Waals surface area (Å²) in [7, 11) is 0. The van der Waals surface area contributed by atoms with Gasteiger partial charge in [0.05, 0.1) is 0 Å². The maximum Gasteiger partial charge on any atom is 0.0408 e. The molecule has 1 atom stereocenters. The Morgan fingerprint density at radius 3 is 2.48 bits per heavy atom. The van der Waals surface area contributed by atoms with Gasteiger partial charge in [-0.25, -0.2) is 0 Å². The molecular formula is C19H18ClN. The van der Waals surface area contributed by atoms with Crippen molar-refractivity contribution in [2.24, 2.45) is 5.73 Å². The van der Waals surface area contributed by atoms with Crippen molar-refractivity contribution in [2.45, 2.75) is 12.3 Å². The zero-order chi connectivity index (χ0) is 14.7. The summed E-state index contributed by atoms with van der Waals surface area (Å²) >= 11 is 6.08. The lowest BCUT2D eigenvalue weighted by molar-refractivity contribution is 0.700. The van der Waals surface area contributed by atoms with E-state index in [0.717, 1.165) is 11.4 Å². The van der Waals surface area contributed by atoms with E-state index in [-0.39, 0.29) is 0 Å². The molecule has 0 heterocycles. The van der Waals surface area contributed by atoms with Crippen molar-refractivity contribution in [1.82, 2.24) is 0 Å². The summed E-state index contributed by atoms with van der Waals surface area (Å²) in [6.07, 6.45) is 0.908. The number of benzene rings is 3. The molecule has 3 aromatic carbocycles. The smallest absolute Gasteiger partial charge is 0.0408 e. The van der Waals surface area contributed by atoms with Crippen molar-refractivity contribution in [1.29, 1.82) is 0 Å². The standard InChI is InChI=1S/C19H18ClN/c20-17-8-3-5-14(12-17)11-16(13-21)19-10-4-7-15-6-1-2-9-18(15)19/h1-10,12,16H,11,13,21H2. The highest BCUT2D eigenvalue weighted by molar-refractivity contribution is 6.30. The largest absolute Gasteiger partial charge is 0.330 e. The minimum atomic E-state index is 0.301. The average molecular weight is 296 g/mol. The lowest BCUT2D eigenvalue weighted by Crippen LogP contribution is -2.15. The van der Waals surface area contributed by atoms with Gasteiger partial charge < -0.3 is 5.73 Å². The van der Waals surface area contributed by atoms with Gasteiger partial charge in [0.25, 0.3) is 0 Å². The van der Waals surface area contributed by atoms with Gasteiger partial charge in [-0.05, 0) is 47.0 Å². The van der Waals surface area contributed by atoms with E-state index < -0.39 is 0 Å². The van der Waals surface area contributed by atoms with Crippen molar-refractivity contribution in [3.63, 3.8) is 0 Å². The Hall–Kier alpha value is -1.83. The maximum atomic E-state index is 6.08. The molecule has 0 saturated carbocycles. The Bertz CT molecular complexity index is 746. The molecule has 2 N–H and O–H groups in total. The molecule has 0 radical (unpaired) electrons. The predicted octanol–water partition coefficient (Wildman–Crippen LogP) is 4.78. The SMILES string of the molecule is NCC(Cc1cccc(Cl)c1)c1cccc2ccccc12. The summed E-state index contributed by atoms with van der Waals surface area (Å²) in [5.74, 6) is 0.301. The van der Waals surface area contributed by atoms with Crippen molar-refractivity contribution < 1.29 is 0 Å². The molecule has 0 aliphatic heterocycles. The van der Waals surface area contributed by atoms with E-state index in [1.54, 1.807) is 0 Å². The third-order valence-electron chi connectivity index (χ3n) is 3.92. The predicted molar refractivity (Wildman–Crippen MR) is 90.9 cm³/mol. The van der Waals surface area contributed by atoms with E-state index in [9.17, 15) is 0 Å². The van der Waals surface area contributed by atoms with E-state index in [0.29, 0.717) is 12.5 Å². The first-order valence-corrected chi connectivity index (χ1v) is 7.58. The molecule has 0 aromatic heterocycles. The number of hydrogen-bond donors (Lipinski definition) is 1. The van der Waals surface area contributed by atoms with Crippen LogP contribution in [-0.4, -0.2) is 6.54 Å². The third kappa shape index (κ3) is 3.10. The van der Waals surface area contributed by atoms with Crippen molar-refractivity contribution >= 4 is 22.4 Å². The molecular weight excluding hydrogens is 278 g/mol. The van der Waals surface area contributed by atoms with Crippen molar-refractivity contribution in [3.05, 3.63) is 82.9 Å². The van der Waals surface area contributed by atoms with E-state index in [1.807, 2.05) is 18.2 Å². The van der Waals surface area contributed by atoms with Gasteiger partial charge in [0.15, 0.2) is 0 Å².